The average Bonchev–Trinajstić information content (AvgIpc) is 1.88. The van der Waals surface area contributed by atoms with Crippen molar-refractivity contribution in [2.75, 3.05) is 0 Å². The summed E-state index contributed by atoms with van der Waals surface area (Å²) in [5.74, 6) is 0. The molecule has 0 unspecified atom stereocenters. The van der Waals surface area contributed by atoms with Crippen molar-refractivity contribution in [3.8, 4) is 6.07 Å². The molecule has 1 heteroatoms. The largest absolute Gasteiger partial charge is 0.193 e. The van der Waals surface area contributed by atoms with Gasteiger partial charge in [-0.05, 0) is 13.3 Å². The van der Waals surface area contributed by atoms with Gasteiger partial charge in [-0.15, -0.1) is 6.58 Å². The first-order valence-electron chi connectivity index (χ1n) is 2.24. The molecule has 0 heterocycles. The number of hydrogen-bond acceptors (Lipinski definition) is 1. The zero-order chi connectivity index (χ0) is 6.83. The van der Waals surface area contributed by atoms with Crippen LogP contribution in [-0.4, -0.2) is 0 Å². The molecular weight excluding hydrogens is 98.1 g/mol. The molecule has 0 spiro atoms. The highest BCUT2D eigenvalue weighted by Gasteiger charge is 1.45. The van der Waals surface area contributed by atoms with Gasteiger partial charge >= 0.3 is 0 Å². The zero-order valence-electron chi connectivity index (χ0n) is 4.93. The summed E-state index contributed by atoms with van der Waals surface area (Å²) >= 11 is 0. The second-order valence-corrected chi connectivity index (χ2v) is 0.911. The van der Waals surface area contributed by atoms with E-state index < -0.39 is 0 Å². The molecule has 0 bridgehead atoms. The SMILES string of the molecule is C=CC#N.[CH2]CC=C. The first kappa shape index (κ1) is 10.1. The molecule has 1 nitrogen and oxygen atoms in total. The third kappa shape index (κ3) is 83.3. The van der Waals surface area contributed by atoms with E-state index in [1.165, 1.54) is 6.08 Å². The lowest BCUT2D eigenvalue weighted by Gasteiger charge is -1.57. The summed E-state index contributed by atoms with van der Waals surface area (Å²) < 4.78 is 0. The summed E-state index contributed by atoms with van der Waals surface area (Å²) in [5, 5.41) is 7.51. The van der Waals surface area contributed by atoms with Crippen LogP contribution in [0.5, 0.6) is 0 Å². The van der Waals surface area contributed by atoms with Crippen LogP contribution in [0.1, 0.15) is 6.42 Å². The van der Waals surface area contributed by atoms with E-state index >= 15 is 0 Å². The fraction of sp³-hybridized carbons (Fsp3) is 0.143. The summed E-state index contributed by atoms with van der Waals surface area (Å²) in [4.78, 5) is 0. The predicted molar refractivity (Wildman–Crippen MR) is 36.0 cm³/mol. The standard InChI is InChI=1S/C4H7.C3H3N/c1-3-4-2;1-2-3-4/h3H,1-2,4H2;2H,1H2. The normalized spacial score (nSPS) is 5.00. The number of allylic oxidation sites excluding steroid dienone is 2. The lowest BCUT2D eigenvalue weighted by Crippen LogP contribution is -1.37. The summed E-state index contributed by atoms with van der Waals surface area (Å²) in [7, 11) is 0. The van der Waals surface area contributed by atoms with E-state index in [9.17, 15) is 0 Å². The summed E-state index contributed by atoms with van der Waals surface area (Å²) in [6, 6.07) is 1.69. The molecule has 0 aliphatic heterocycles. The third-order valence-corrected chi connectivity index (χ3v) is 0.295. The van der Waals surface area contributed by atoms with Crippen LogP contribution in [-0.2, 0) is 0 Å². The lowest BCUT2D eigenvalue weighted by atomic mass is 10.5. The third-order valence-electron chi connectivity index (χ3n) is 0.295. The second-order valence-electron chi connectivity index (χ2n) is 0.911. The molecule has 0 aromatic rings. The van der Waals surface area contributed by atoms with Crippen LogP contribution in [0.25, 0.3) is 0 Å². The van der Waals surface area contributed by atoms with E-state index in [0.29, 0.717) is 0 Å². The van der Waals surface area contributed by atoms with E-state index in [1.54, 1.807) is 12.1 Å². The minimum absolute atomic E-state index is 0.833. The van der Waals surface area contributed by atoms with Gasteiger partial charge in [0.2, 0.25) is 0 Å². The summed E-state index contributed by atoms with van der Waals surface area (Å²) in [5.41, 5.74) is 0. The number of nitriles is 1. The molecule has 0 atom stereocenters. The maximum atomic E-state index is 7.51. The fourth-order valence-electron chi connectivity index (χ4n) is 0. The van der Waals surface area contributed by atoms with Crippen molar-refractivity contribution in [2.45, 2.75) is 6.42 Å². The van der Waals surface area contributed by atoms with E-state index in [1.807, 2.05) is 0 Å². The van der Waals surface area contributed by atoms with Gasteiger partial charge in [0.1, 0.15) is 0 Å². The van der Waals surface area contributed by atoms with Crippen LogP contribution in [0.4, 0.5) is 0 Å². The van der Waals surface area contributed by atoms with Crippen molar-refractivity contribution in [3.05, 3.63) is 32.2 Å². The number of hydrogen-bond donors (Lipinski definition) is 0. The van der Waals surface area contributed by atoms with Crippen LogP contribution in [0.15, 0.2) is 25.3 Å². The molecule has 0 aliphatic rings. The van der Waals surface area contributed by atoms with Gasteiger partial charge in [0.05, 0.1) is 6.07 Å². The van der Waals surface area contributed by atoms with E-state index in [2.05, 4.69) is 20.1 Å². The highest BCUT2D eigenvalue weighted by Crippen LogP contribution is 1.65. The summed E-state index contributed by atoms with van der Waals surface area (Å²) in [6.07, 6.45) is 3.78. The van der Waals surface area contributed by atoms with Gasteiger partial charge in [-0.25, -0.2) is 0 Å². The number of rotatable bonds is 1. The maximum Gasteiger partial charge on any atom is 0.0905 e. The van der Waals surface area contributed by atoms with Gasteiger partial charge in [-0.3, -0.25) is 0 Å². The first-order chi connectivity index (χ1) is 3.83. The Morgan fingerprint density at radius 2 is 1.75 bits per heavy atom. The van der Waals surface area contributed by atoms with Crippen LogP contribution in [0.2, 0.25) is 0 Å². The Kier molecular flexibility index (Phi) is 21.0. The van der Waals surface area contributed by atoms with Gasteiger partial charge in [0, 0.05) is 6.08 Å². The molecular formula is C7H10N. The Morgan fingerprint density at radius 1 is 1.50 bits per heavy atom. The van der Waals surface area contributed by atoms with Crippen molar-refractivity contribution in [1.82, 2.24) is 0 Å². The van der Waals surface area contributed by atoms with Crippen molar-refractivity contribution < 1.29 is 0 Å². The Hall–Kier alpha value is -1.03. The molecule has 43 valence electrons. The molecule has 0 aromatic carbocycles. The Morgan fingerprint density at radius 3 is 1.75 bits per heavy atom. The molecule has 0 rings (SSSR count). The molecule has 0 amide bonds. The van der Waals surface area contributed by atoms with Gasteiger partial charge < -0.3 is 0 Å². The minimum atomic E-state index is 0.833. The van der Waals surface area contributed by atoms with E-state index in [0.717, 1.165) is 6.42 Å². The quantitative estimate of drug-likeness (QED) is 0.372. The molecule has 0 aliphatic carbocycles. The molecule has 0 saturated heterocycles. The molecule has 0 N–H and O–H groups in total. The molecule has 0 fully saturated rings. The Labute approximate surface area is 50.9 Å². The molecule has 1 radical (unpaired) electrons. The topological polar surface area (TPSA) is 23.8 Å². The van der Waals surface area contributed by atoms with Crippen LogP contribution >= 0.6 is 0 Å². The van der Waals surface area contributed by atoms with Crippen molar-refractivity contribution in [2.24, 2.45) is 0 Å². The monoisotopic (exact) mass is 108 g/mol. The molecule has 0 saturated carbocycles. The predicted octanol–water partition coefficient (Wildman–Crippen LogP) is 2.09. The van der Waals surface area contributed by atoms with E-state index in [4.69, 9.17) is 5.26 Å². The van der Waals surface area contributed by atoms with Crippen molar-refractivity contribution in [1.29, 1.82) is 5.26 Å². The Bertz CT molecular complexity index is 87.1. The fourth-order valence-corrected chi connectivity index (χ4v) is 0. The Balaban J connectivity index is 0. The van der Waals surface area contributed by atoms with Crippen molar-refractivity contribution in [3.63, 3.8) is 0 Å². The van der Waals surface area contributed by atoms with E-state index in [-0.39, 0.29) is 0 Å². The molecule has 8 heavy (non-hydrogen) atoms. The van der Waals surface area contributed by atoms with Gasteiger partial charge in [-0.2, -0.15) is 5.26 Å². The van der Waals surface area contributed by atoms with Crippen LogP contribution < -0.4 is 0 Å². The first-order valence-corrected chi connectivity index (χ1v) is 2.24. The van der Waals surface area contributed by atoms with Gasteiger partial charge in [0.25, 0.3) is 0 Å². The summed E-state index contributed by atoms with van der Waals surface area (Å²) in [6.45, 7) is 10.0. The number of nitrogens with zero attached hydrogens (tertiary/aromatic N) is 1. The lowest BCUT2D eigenvalue weighted by molar-refractivity contribution is 1.42. The maximum absolute atomic E-state index is 7.51. The van der Waals surface area contributed by atoms with Gasteiger partial charge in [-0.1, -0.05) is 12.7 Å². The minimum Gasteiger partial charge on any atom is -0.193 e. The zero-order valence-corrected chi connectivity index (χ0v) is 4.93. The smallest absolute Gasteiger partial charge is 0.0905 e. The highest BCUT2D eigenvalue weighted by molar-refractivity contribution is 4.93. The second kappa shape index (κ2) is 16.7. The van der Waals surface area contributed by atoms with Crippen LogP contribution in [0.3, 0.4) is 0 Å². The highest BCUT2D eigenvalue weighted by atomic mass is 14.2. The average molecular weight is 108 g/mol. The molecule has 0 aromatic heterocycles. The van der Waals surface area contributed by atoms with Crippen LogP contribution in [0, 0.1) is 18.3 Å². The van der Waals surface area contributed by atoms with Crippen molar-refractivity contribution >= 4 is 0 Å². The van der Waals surface area contributed by atoms with Gasteiger partial charge in [0.15, 0.2) is 0 Å².